The van der Waals surface area contributed by atoms with Gasteiger partial charge >= 0.3 is 0 Å². The molecule has 1 aromatic heterocycles. The first-order valence-electron chi connectivity index (χ1n) is 9.67. The van der Waals surface area contributed by atoms with Crippen LogP contribution >= 0.6 is 0 Å². The highest BCUT2D eigenvalue weighted by Gasteiger charge is 2.36. The van der Waals surface area contributed by atoms with Crippen molar-refractivity contribution in [2.75, 3.05) is 22.8 Å². The lowest BCUT2D eigenvalue weighted by Crippen LogP contribution is -2.48. The van der Waals surface area contributed by atoms with Gasteiger partial charge in [0.05, 0.1) is 34.8 Å². The zero-order chi connectivity index (χ0) is 20.9. The summed E-state index contributed by atoms with van der Waals surface area (Å²) in [6, 6.07) is 11.5. The summed E-state index contributed by atoms with van der Waals surface area (Å²) >= 11 is 0. The lowest BCUT2D eigenvalue weighted by atomic mass is 10.1. The van der Waals surface area contributed by atoms with Crippen molar-refractivity contribution in [3.8, 4) is 5.69 Å². The minimum Gasteiger partial charge on any atom is -0.368 e. The normalized spacial score (nSPS) is 16.8. The zero-order valence-corrected chi connectivity index (χ0v) is 18.2. The van der Waals surface area contributed by atoms with Crippen LogP contribution in [0.4, 0.5) is 11.4 Å². The van der Waals surface area contributed by atoms with Crippen LogP contribution in [-0.4, -0.2) is 37.6 Å². The molecule has 4 rings (SSSR count). The van der Waals surface area contributed by atoms with Crippen LogP contribution < -0.4 is 9.21 Å². The van der Waals surface area contributed by atoms with Gasteiger partial charge in [-0.15, -0.1) is 0 Å². The summed E-state index contributed by atoms with van der Waals surface area (Å²) in [7, 11) is -1.72. The van der Waals surface area contributed by atoms with Gasteiger partial charge in [-0.1, -0.05) is 18.2 Å². The number of rotatable bonds is 3. The van der Waals surface area contributed by atoms with Crippen molar-refractivity contribution in [3.05, 3.63) is 65.7 Å². The number of benzene rings is 2. The number of nitrogens with zero attached hydrogens (tertiary/aromatic N) is 4. The summed E-state index contributed by atoms with van der Waals surface area (Å²) in [5.41, 5.74) is 5.04. The van der Waals surface area contributed by atoms with Gasteiger partial charge in [0, 0.05) is 25.0 Å². The van der Waals surface area contributed by atoms with Gasteiger partial charge in [-0.3, -0.25) is 4.31 Å². The van der Waals surface area contributed by atoms with Crippen LogP contribution in [0.1, 0.15) is 23.7 Å². The lowest BCUT2D eigenvalue weighted by molar-refractivity contribution is 0.578. The Morgan fingerprint density at radius 3 is 2.52 bits per heavy atom. The monoisotopic (exact) mass is 410 g/mol. The Hall–Kier alpha value is -2.80. The van der Waals surface area contributed by atoms with Crippen LogP contribution in [-0.2, 0) is 10.0 Å². The van der Waals surface area contributed by atoms with Gasteiger partial charge in [0.1, 0.15) is 0 Å². The first kappa shape index (κ1) is 19.5. The third-order valence-corrected chi connectivity index (χ3v) is 7.59. The highest BCUT2D eigenvalue weighted by molar-refractivity contribution is 7.93. The summed E-state index contributed by atoms with van der Waals surface area (Å²) in [6.45, 7) is 8.17. The van der Waals surface area contributed by atoms with Crippen molar-refractivity contribution in [1.29, 1.82) is 0 Å². The largest absolute Gasteiger partial charge is 0.368 e. The third-order valence-electron chi connectivity index (χ3n) is 5.69. The Bertz CT molecular complexity index is 1180. The average molecular weight is 411 g/mol. The molecule has 0 unspecified atom stereocenters. The molecule has 0 N–H and O–H groups in total. The van der Waals surface area contributed by atoms with Crippen LogP contribution in [0.15, 0.2) is 53.8 Å². The molecule has 2 heterocycles. The number of aryl methyl sites for hydroxylation is 3. The van der Waals surface area contributed by atoms with E-state index in [4.69, 9.17) is 0 Å². The van der Waals surface area contributed by atoms with E-state index in [9.17, 15) is 8.42 Å². The zero-order valence-electron chi connectivity index (χ0n) is 17.4. The van der Waals surface area contributed by atoms with E-state index in [1.165, 1.54) is 0 Å². The Morgan fingerprint density at radius 1 is 1.07 bits per heavy atom. The Kier molecular flexibility index (Phi) is 4.65. The summed E-state index contributed by atoms with van der Waals surface area (Å²) in [5.74, 6) is 0. The standard InChI is InChI=1S/C22H26N4O2S/c1-15-9-10-19(25-12-17(3)23-14-25)11-21(15)29(27,28)26-13-18(4)24(5)20-8-6-7-16(2)22(20)26/h6-12,14,18H,13H2,1-5H3/t18-/m0/s1. The topological polar surface area (TPSA) is 58.4 Å². The quantitative estimate of drug-likeness (QED) is 0.658. The molecule has 7 heteroatoms. The summed E-state index contributed by atoms with van der Waals surface area (Å²) < 4.78 is 31.1. The molecule has 0 bridgehead atoms. The van der Waals surface area contributed by atoms with Crippen LogP contribution in [0.3, 0.4) is 0 Å². The van der Waals surface area contributed by atoms with E-state index in [2.05, 4.69) is 9.88 Å². The van der Waals surface area contributed by atoms with Crippen LogP contribution in [0, 0.1) is 20.8 Å². The molecule has 6 nitrogen and oxygen atoms in total. The highest BCUT2D eigenvalue weighted by Crippen LogP contribution is 2.40. The molecule has 29 heavy (non-hydrogen) atoms. The molecule has 0 saturated heterocycles. The Morgan fingerprint density at radius 2 is 1.83 bits per heavy atom. The van der Waals surface area contributed by atoms with Crippen molar-refractivity contribution in [3.63, 3.8) is 0 Å². The molecule has 0 fully saturated rings. The molecule has 3 aromatic rings. The van der Waals surface area contributed by atoms with Crippen LogP contribution in [0.25, 0.3) is 5.69 Å². The molecule has 2 aromatic carbocycles. The maximum Gasteiger partial charge on any atom is 0.264 e. The summed E-state index contributed by atoms with van der Waals surface area (Å²) in [4.78, 5) is 6.73. The molecule has 0 radical (unpaired) electrons. The van der Waals surface area contributed by atoms with E-state index < -0.39 is 10.0 Å². The van der Waals surface area contributed by atoms with Gasteiger partial charge in [-0.2, -0.15) is 0 Å². The second-order valence-corrected chi connectivity index (χ2v) is 9.64. The lowest BCUT2D eigenvalue weighted by Gasteiger charge is -2.41. The van der Waals surface area contributed by atoms with Crippen LogP contribution in [0.2, 0.25) is 0 Å². The molecule has 152 valence electrons. The minimum absolute atomic E-state index is 0.0684. The number of fused-ring (bicyclic) bond motifs is 1. The fourth-order valence-electron chi connectivity index (χ4n) is 3.87. The van der Waals surface area contributed by atoms with E-state index in [1.54, 1.807) is 16.7 Å². The SMILES string of the molecule is Cc1cn(-c2ccc(C)c(S(=O)(=O)N3C[C@H](C)N(C)c4cccc(C)c43)c2)cn1. The van der Waals surface area contributed by atoms with Crippen molar-refractivity contribution < 1.29 is 8.42 Å². The Balaban J connectivity index is 1.87. The molecule has 0 spiro atoms. The van der Waals surface area contributed by atoms with Crippen molar-refractivity contribution in [2.45, 2.75) is 38.6 Å². The predicted octanol–water partition coefficient (Wildman–Crippen LogP) is 3.83. The second kappa shape index (κ2) is 6.91. The van der Waals surface area contributed by atoms with Crippen LogP contribution in [0.5, 0.6) is 0 Å². The highest BCUT2D eigenvalue weighted by atomic mass is 32.2. The molecular formula is C22H26N4O2S. The predicted molar refractivity (Wildman–Crippen MR) is 117 cm³/mol. The number of anilines is 2. The third kappa shape index (κ3) is 3.19. The maximum absolute atomic E-state index is 13.8. The van der Waals surface area contributed by atoms with Gasteiger partial charge in [0.2, 0.25) is 0 Å². The van der Waals surface area contributed by atoms with Gasteiger partial charge in [-0.25, -0.2) is 13.4 Å². The first-order chi connectivity index (χ1) is 13.7. The molecule has 1 aliphatic heterocycles. The molecule has 1 atom stereocenters. The van der Waals surface area contributed by atoms with E-state index in [0.29, 0.717) is 11.4 Å². The van der Waals surface area contributed by atoms with Crippen molar-refractivity contribution in [1.82, 2.24) is 9.55 Å². The van der Waals surface area contributed by atoms with Gasteiger partial charge in [-0.05, 0) is 57.0 Å². The molecule has 1 aliphatic rings. The Labute approximate surface area is 172 Å². The number of imidazole rings is 1. The number of likely N-dealkylation sites (N-methyl/N-ethyl adjacent to an activating group) is 1. The number of aromatic nitrogens is 2. The van der Waals surface area contributed by atoms with Crippen molar-refractivity contribution >= 4 is 21.4 Å². The molecule has 0 saturated carbocycles. The fourth-order valence-corrected chi connectivity index (χ4v) is 5.74. The molecular weight excluding hydrogens is 384 g/mol. The van der Waals surface area contributed by atoms with Gasteiger partial charge in [0.15, 0.2) is 0 Å². The molecule has 0 aliphatic carbocycles. The number of hydrogen-bond donors (Lipinski definition) is 0. The fraction of sp³-hybridized carbons (Fsp3) is 0.318. The summed E-state index contributed by atoms with van der Waals surface area (Å²) in [6.07, 6.45) is 3.59. The number of para-hydroxylation sites is 1. The van der Waals surface area contributed by atoms with E-state index >= 15 is 0 Å². The first-order valence-corrected chi connectivity index (χ1v) is 11.1. The van der Waals surface area contributed by atoms with E-state index in [-0.39, 0.29) is 6.04 Å². The van der Waals surface area contributed by atoms with E-state index in [1.807, 2.05) is 75.8 Å². The smallest absolute Gasteiger partial charge is 0.264 e. The minimum atomic E-state index is -3.74. The average Bonchev–Trinajstić information content (AvgIpc) is 3.11. The maximum atomic E-state index is 13.8. The second-order valence-electron chi connectivity index (χ2n) is 7.81. The van der Waals surface area contributed by atoms with Gasteiger partial charge < -0.3 is 9.47 Å². The van der Waals surface area contributed by atoms with Crippen molar-refractivity contribution in [2.24, 2.45) is 0 Å². The number of sulfonamides is 1. The van der Waals surface area contributed by atoms with Gasteiger partial charge in [0.25, 0.3) is 10.0 Å². The number of hydrogen-bond acceptors (Lipinski definition) is 4. The molecule has 0 amide bonds. The van der Waals surface area contributed by atoms with E-state index in [0.717, 1.165) is 33.9 Å². The summed E-state index contributed by atoms with van der Waals surface area (Å²) in [5, 5.41) is 0.